The first kappa shape index (κ1) is 12.1. The molecule has 0 aliphatic rings. The van der Waals surface area contributed by atoms with Crippen molar-refractivity contribution >= 4 is 40.1 Å². The monoisotopic (exact) mass is 293 g/mol. The van der Waals surface area contributed by atoms with Crippen LogP contribution in [0, 0.1) is 0 Å². The van der Waals surface area contributed by atoms with Crippen LogP contribution in [-0.4, -0.2) is 26.7 Å². The number of fused-ring (bicyclic) bond motifs is 1. The molecule has 0 amide bonds. The molecule has 0 spiro atoms. The van der Waals surface area contributed by atoms with Crippen molar-refractivity contribution in [3.8, 4) is 11.5 Å². The summed E-state index contributed by atoms with van der Waals surface area (Å²) in [6.07, 6.45) is -0.563. The first-order valence-electron chi connectivity index (χ1n) is 5.40. The highest BCUT2D eigenvalue weighted by molar-refractivity contribution is 7.07. The van der Waals surface area contributed by atoms with Gasteiger partial charge in [-0.15, -0.1) is 11.3 Å². The predicted octanol–water partition coefficient (Wildman–Crippen LogP) is 3.34. The van der Waals surface area contributed by atoms with Crippen LogP contribution in [0.25, 0.3) is 22.6 Å². The van der Waals surface area contributed by atoms with Crippen molar-refractivity contribution in [3.63, 3.8) is 0 Å². The lowest BCUT2D eigenvalue weighted by Gasteiger charge is -2.05. The van der Waals surface area contributed by atoms with Crippen LogP contribution >= 0.6 is 22.9 Å². The van der Waals surface area contributed by atoms with Crippen LogP contribution in [0.5, 0.6) is 0 Å². The molecule has 19 heavy (non-hydrogen) atoms. The topological polar surface area (TPSA) is 57.0 Å². The number of hydrogen-bond acceptors (Lipinski definition) is 5. The zero-order valence-electron chi connectivity index (χ0n) is 9.62. The Bertz CT molecular complexity index is 724. The summed E-state index contributed by atoms with van der Waals surface area (Å²) in [5.41, 5.74) is 3.69. The molecule has 1 aromatic carbocycles. The molecule has 0 radical (unpaired) electrons. The van der Waals surface area contributed by atoms with Crippen LogP contribution in [0.2, 0.25) is 0 Å². The van der Waals surface area contributed by atoms with E-state index < -0.39 is 6.09 Å². The van der Waals surface area contributed by atoms with Gasteiger partial charge in [-0.05, 0) is 12.1 Å². The lowest BCUT2D eigenvalue weighted by atomic mass is 10.3. The van der Waals surface area contributed by atoms with Crippen molar-refractivity contribution in [3.05, 3.63) is 35.2 Å². The van der Waals surface area contributed by atoms with E-state index >= 15 is 0 Å². The van der Waals surface area contributed by atoms with E-state index in [0.717, 1.165) is 0 Å². The van der Waals surface area contributed by atoms with Gasteiger partial charge < -0.3 is 4.74 Å². The lowest BCUT2D eigenvalue weighted by Crippen LogP contribution is -2.14. The number of aromatic nitrogens is 3. The highest BCUT2D eigenvalue weighted by atomic mass is 35.5. The van der Waals surface area contributed by atoms with Gasteiger partial charge in [0.15, 0.2) is 11.9 Å². The Hall–Kier alpha value is -1.92. The Morgan fingerprint density at radius 1 is 1.42 bits per heavy atom. The second-order valence-electron chi connectivity index (χ2n) is 3.65. The SMILES string of the molecule is O=C(OCCl)n1c(-c2cscn2)nc2ccccc21. The molecule has 0 bridgehead atoms. The summed E-state index contributed by atoms with van der Waals surface area (Å²) in [4.78, 5) is 20.6. The van der Waals surface area contributed by atoms with Crippen molar-refractivity contribution in [1.29, 1.82) is 0 Å². The standard InChI is InChI=1S/C12H8ClN3O2S/c13-6-18-12(17)16-10-4-2-1-3-8(10)15-11(16)9-5-19-7-14-9/h1-5,7H,6H2. The Morgan fingerprint density at radius 2 is 2.26 bits per heavy atom. The predicted molar refractivity (Wildman–Crippen MR) is 73.4 cm³/mol. The Kier molecular flexibility index (Phi) is 3.18. The van der Waals surface area contributed by atoms with Crippen molar-refractivity contribution in [2.75, 3.05) is 6.07 Å². The zero-order chi connectivity index (χ0) is 13.2. The molecule has 5 nitrogen and oxygen atoms in total. The molecule has 0 saturated heterocycles. The quantitative estimate of drug-likeness (QED) is 0.680. The number of carbonyl (C=O) groups is 1. The second-order valence-corrected chi connectivity index (χ2v) is 4.59. The fourth-order valence-electron chi connectivity index (χ4n) is 1.82. The smallest absolute Gasteiger partial charge is 0.421 e. The molecule has 2 heterocycles. The highest BCUT2D eigenvalue weighted by Crippen LogP contribution is 2.24. The van der Waals surface area contributed by atoms with Crippen molar-refractivity contribution < 1.29 is 9.53 Å². The van der Waals surface area contributed by atoms with Crippen LogP contribution < -0.4 is 0 Å². The minimum absolute atomic E-state index is 0.207. The van der Waals surface area contributed by atoms with E-state index in [9.17, 15) is 4.79 Å². The van der Waals surface area contributed by atoms with E-state index in [-0.39, 0.29) is 6.07 Å². The molecule has 0 N–H and O–H groups in total. The Balaban J connectivity index is 2.25. The summed E-state index contributed by atoms with van der Waals surface area (Å²) in [6.45, 7) is 0. The molecular weight excluding hydrogens is 286 g/mol. The summed E-state index contributed by atoms with van der Waals surface area (Å²) in [5, 5.41) is 1.83. The third-order valence-corrected chi connectivity index (χ3v) is 3.28. The third kappa shape index (κ3) is 2.09. The van der Waals surface area contributed by atoms with Gasteiger partial charge in [0, 0.05) is 5.38 Å². The van der Waals surface area contributed by atoms with Crippen LogP contribution in [0.3, 0.4) is 0 Å². The number of para-hydroxylation sites is 2. The normalized spacial score (nSPS) is 10.8. The average molecular weight is 294 g/mol. The van der Waals surface area contributed by atoms with Gasteiger partial charge in [-0.1, -0.05) is 23.7 Å². The maximum atomic E-state index is 12.0. The van der Waals surface area contributed by atoms with E-state index in [4.69, 9.17) is 16.3 Å². The fourth-order valence-corrected chi connectivity index (χ4v) is 2.44. The zero-order valence-corrected chi connectivity index (χ0v) is 11.2. The number of carbonyl (C=O) groups excluding carboxylic acids is 1. The second kappa shape index (κ2) is 4.99. The molecule has 96 valence electrons. The largest absolute Gasteiger partial charge is 0.433 e. The molecule has 7 heteroatoms. The van der Waals surface area contributed by atoms with E-state index in [1.54, 1.807) is 11.6 Å². The number of ether oxygens (including phenoxy) is 1. The Labute approximate surface area is 117 Å². The first-order chi connectivity index (χ1) is 9.31. The van der Waals surface area contributed by atoms with E-state index in [0.29, 0.717) is 22.6 Å². The number of halogens is 1. The number of nitrogens with zero attached hydrogens (tertiary/aromatic N) is 3. The molecule has 0 aliphatic carbocycles. The molecule has 0 aliphatic heterocycles. The van der Waals surface area contributed by atoms with Gasteiger partial charge in [-0.25, -0.2) is 19.3 Å². The number of benzene rings is 1. The van der Waals surface area contributed by atoms with E-state index in [2.05, 4.69) is 9.97 Å². The Morgan fingerprint density at radius 3 is 3.00 bits per heavy atom. The number of alkyl halides is 1. The minimum atomic E-state index is -0.563. The van der Waals surface area contributed by atoms with Gasteiger partial charge in [0.05, 0.1) is 16.5 Å². The van der Waals surface area contributed by atoms with Crippen LogP contribution in [0.1, 0.15) is 0 Å². The first-order valence-corrected chi connectivity index (χ1v) is 6.88. The maximum absolute atomic E-state index is 12.0. The molecule has 0 fully saturated rings. The molecule has 3 rings (SSSR count). The number of imidazole rings is 1. The molecule has 0 saturated carbocycles. The molecule has 0 atom stereocenters. The van der Waals surface area contributed by atoms with Gasteiger partial charge in [-0.2, -0.15) is 0 Å². The lowest BCUT2D eigenvalue weighted by molar-refractivity contribution is 0.168. The highest BCUT2D eigenvalue weighted by Gasteiger charge is 2.19. The molecular formula is C12H8ClN3O2S. The van der Waals surface area contributed by atoms with Crippen LogP contribution in [0.4, 0.5) is 4.79 Å². The molecule has 0 unspecified atom stereocenters. The maximum Gasteiger partial charge on any atom is 0.421 e. The number of rotatable bonds is 2. The third-order valence-electron chi connectivity index (χ3n) is 2.58. The molecule has 2 aromatic heterocycles. The van der Waals surface area contributed by atoms with Crippen LogP contribution in [-0.2, 0) is 4.74 Å². The van der Waals surface area contributed by atoms with Crippen molar-refractivity contribution in [1.82, 2.24) is 14.5 Å². The fraction of sp³-hybridized carbons (Fsp3) is 0.0833. The summed E-state index contributed by atoms with van der Waals surface area (Å²) in [5.74, 6) is 0.456. The van der Waals surface area contributed by atoms with Gasteiger partial charge >= 0.3 is 6.09 Å². The summed E-state index contributed by atoms with van der Waals surface area (Å²) in [6, 6.07) is 7.11. The number of hydrogen-bond donors (Lipinski definition) is 0. The van der Waals surface area contributed by atoms with Gasteiger partial charge in [0.2, 0.25) is 0 Å². The number of thiazole rings is 1. The van der Waals surface area contributed by atoms with Crippen molar-refractivity contribution in [2.24, 2.45) is 0 Å². The van der Waals surface area contributed by atoms with Gasteiger partial charge in [0.1, 0.15) is 5.69 Å². The van der Waals surface area contributed by atoms with Crippen LogP contribution in [0.15, 0.2) is 35.2 Å². The summed E-state index contributed by atoms with van der Waals surface area (Å²) < 4.78 is 6.24. The van der Waals surface area contributed by atoms with Crippen molar-refractivity contribution in [2.45, 2.75) is 0 Å². The van der Waals surface area contributed by atoms with E-state index in [1.807, 2.05) is 23.6 Å². The molecule has 3 aromatic rings. The summed E-state index contributed by atoms with van der Waals surface area (Å²) in [7, 11) is 0. The average Bonchev–Trinajstić information content (AvgIpc) is 3.06. The van der Waals surface area contributed by atoms with Gasteiger partial charge in [-0.3, -0.25) is 0 Å². The summed E-state index contributed by atoms with van der Waals surface area (Å²) >= 11 is 6.89. The van der Waals surface area contributed by atoms with Gasteiger partial charge in [0.25, 0.3) is 0 Å². The van der Waals surface area contributed by atoms with E-state index in [1.165, 1.54) is 15.9 Å². The minimum Gasteiger partial charge on any atom is -0.433 e.